The molecular weight excluding hydrogens is 146 g/mol. The molecule has 0 spiro atoms. The molecule has 0 fully saturated rings. The minimum atomic E-state index is 0.816. The van der Waals surface area contributed by atoms with E-state index in [1.165, 1.54) is 26.1 Å². The lowest BCUT2D eigenvalue weighted by atomic mass is 9.97. The average molecular weight is 171 g/mol. The first kappa shape index (κ1) is 12.0. The second kappa shape index (κ2) is 6.47. The van der Waals surface area contributed by atoms with Crippen LogP contribution in [0.25, 0.3) is 0 Å². The molecule has 0 radical (unpaired) electrons. The highest BCUT2D eigenvalue weighted by molar-refractivity contribution is 4.63. The van der Waals surface area contributed by atoms with Crippen LogP contribution >= 0.6 is 0 Å². The van der Waals surface area contributed by atoms with E-state index in [0.717, 1.165) is 11.8 Å². The van der Waals surface area contributed by atoms with E-state index in [2.05, 4.69) is 39.5 Å². The third kappa shape index (κ3) is 4.76. The smallest absolute Gasteiger partial charge is 0.000934 e. The van der Waals surface area contributed by atoms with Gasteiger partial charge in [-0.3, -0.25) is 0 Å². The number of hydrogen-bond acceptors (Lipinski definition) is 1. The van der Waals surface area contributed by atoms with Gasteiger partial charge < -0.3 is 4.90 Å². The summed E-state index contributed by atoms with van der Waals surface area (Å²) in [5.74, 6) is 1.65. The molecule has 0 aliphatic heterocycles. The predicted molar refractivity (Wildman–Crippen MR) is 56.4 cm³/mol. The van der Waals surface area contributed by atoms with Crippen LogP contribution in [0.5, 0.6) is 0 Å². The summed E-state index contributed by atoms with van der Waals surface area (Å²) in [5, 5.41) is 0. The van der Waals surface area contributed by atoms with Crippen molar-refractivity contribution in [3.8, 4) is 0 Å². The molecule has 0 saturated heterocycles. The molecule has 0 amide bonds. The molecule has 1 unspecified atom stereocenters. The number of nitrogens with zero attached hydrogens (tertiary/aromatic N) is 1. The first-order chi connectivity index (χ1) is 5.61. The van der Waals surface area contributed by atoms with Gasteiger partial charge in [0.25, 0.3) is 0 Å². The van der Waals surface area contributed by atoms with E-state index in [1.807, 2.05) is 0 Å². The highest BCUT2D eigenvalue weighted by Crippen LogP contribution is 2.11. The number of rotatable bonds is 6. The monoisotopic (exact) mass is 171 g/mol. The number of hydrogen-bond donors (Lipinski definition) is 0. The fraction of sp³-hybridized carbons (Fsp3) is 1.00. The van der Waals surface area contributed by atoms with Crippen LogP contribution < -0.4 is 0 Å². The summed E-state index contributed by atoms with van der Waals surface area (Å²) < 4.78 is 0. The van der Waals surface area contributed by atoms with Gasteiger partial charge in [0.15, 0.2) is 0 Å². The van der Waals surface area contributed by atoms with Gasteiger partial charge in [0.1, 0.15) is 0 Å². The van der Waals surface area contributed by atoms with E-state index in [1.54, 1.807) is 0 Å². The minimum absolute atomic E-state index is 0.816. The Morgan fingerprint density at radius 1 is 1.08 bits per heavy atom. The van der Waals surface area contributed by atoms with Crippen molar-refractivity contribution in [1.29, 1.82) is 0 Å². The zero-order chi connectivity index (χ0) is 9.56. The summed E-state index contributed by atoms with van der Waals surface area (Å²) in [6.45, 7) is 15.2. The molecule has 0 aromatic carbocycles. The fourth-order valence-electron chi connectivity index (χ4n) is 1.31. The van der Waals surface area contributed by atoms with Gasteiger partial charge in [0.05, 0.1) is 0 Å². The van der Waals surface area contributed by atoms with Gasteiger partial charge in [0.2, 0.25) is 0 Å². The maximum Gasteiger partial charge on any atom is 0.000934 e. The third-order valence-corrected chi connectivity index (χ3v) is 2.67. The SMILES string of the molecule is CCCN(CC)CC(C)C(C)C. The second-order valence-corrected chi connectivity index (χ2v) is 4.11. The second-order valence-electron chi connectivity index (χ2n) is 4.11. The van der Waals surface area contributed by atoms with Gasteiger partial charge in [-0.25, -0.2) is 0 Å². The highest BCUT2D eigenvalue weighted by Gasteiger charge is 2.10. The maximum absolute atomic E-state index is 2.55. The summed E-state index contributed by atoms with van der Waals surface area (Å²) >= 11 is 0. The van der Waals surface area contributed by atoms with Crippen LogP contribution in [0.1, 0.15) is 41.0 Å². The van der Waals surface area contributed by atoms with Crippen molar-refractivity contribution < 1.29 is 0 Å². The Labute approximate surface area is 78.1 Å². The predicted octanol–water partition coefficient (Wildman–Crippen LogP) is 3.01. The Kier molecular flexibility index (Phi) is 6.45. The molecule has 0 aliphatic rings. The van der Waals surface area contributed by atoms with Crippen LogP contribution in [0, 0.1) is 11.8 Å². The summed E-state index contributed by atoms with van der Waals surface area (Å²) in [7, 11) is 0. The Morgan fingerprint density at radius 3 is 2.00 bits per heavy atom. The zero-order valence-corrected chi connectivity index (χ0v) is 9.43. The van der Waals surface area contributed by atoms with E-state index in [0.29, 0.717) is 0 Å². The molecule has 1 nitrogen and oxygen atoms in total. The van der Waals surface area contributed by atoms with Crippen molar-refractivity contribution in [2.24, 2.45) is 11.8 Å². The molecule has 0 N–H and O–H groups in total. The molecular formula is C11H25N. The molecule has 1 heteroatoms. The normalized spacial score (nSPS) is 14.2. The van der Waals surface area contributed by atoms with Crippen molar-refractivity contribution in [1.82, 2.24) is 4.90 Å². The molecule has 1 atom stereocenters. The average Bonchev–Trinajstić information content (AvgIpc) is 2.03. The van der Waals surface area contributed by atoms with Crippen LogP contribution in [-0.2, 0) is 0 Å². The lowest BCUT2D eigenvalue weighted by Gasteiger charge is -2.25. The van der Waals surface area contributed by atoms with Crippen molar-refractivity contribution in [2.75, 3.05) is 19.6 Å². The van der Waals surface area contributed by atoms with Crippen molar-refractivity contribution in [3.05, 3.63) is 0 Å². The fourth-order valence-corrected chi connectivity index (χ4v) is 1.31. The van der Waals surface area contributed by atoms with Crippen LogP contribution in [0.15, 0.2) is 0 Å². The molecule has 12 heavy (non-hydrogen) atoms. The summed E-state index contributed by atoms with van der Waals surface area (Å²) in [4.78, 5) is 2.55. The molecule has 0 aromatic heterocycles. The molecule has 0 bridgehead atoms. The first-order valence-electron chi connectivity index (χ1n) is 5.34. The van der Waals surface area contributed by atoms with Gasteiger partial charge in [-0.05, 0) is 31.3 Å². The van der Waals surface area contributed by atoms with Crippen LogP contribution in [-0.4, -0.2) is 24.5 Å². The molecule has 0 aromatic rings. The Morgan fingerprint density at radius 2 is 1.67 bits per heavy atom. The minimum Gasteiger partial charge on any atom is -0.303 e. The standard InChI is InChI=1S/C11H25N/c1-6-8-12(7-2)9-11(5)10(3)4/h10-11H,6-9H2,1-5H3. The summed E-state index contributed by atoms with van der Waals surface area (Å²) in [5.41, 5.74) is 0. The van der Waals surface area contributed by atoms with E-state index in [-0.39, 0.29) is 0 Å². The van der Waals surface area contributed by atoms with Crippen molar-refractivity contribution >= 4 is 0 Å². The van der Waals surface area contributed by atoms with E-state index in [9.17, 15) is 0 Å². The molecule has 0 heterocycles. The van der Waals surface area contributed by atoms with Crippen LogP contribution in [0.4, 0.5) is 0 Å². The van der Waals surface area contributed by atoms with E-state index in [4.69, 9.17) is 0 Å². The quantitative estimate of drug-likeness (QED) is 0.594. The largest absolute Gasteiger partial charge is 0.303 e. The topological polar surface area (TPSA) is 3.24 Å². The third-order valence-electron chi connectivity index (χ3n) is 2.67. The van der Waals surface area contributed by atoms with E-state index >= 15 is 0 Å². The van der Waals surface area contributed by atoms with Gasteiger partial charge in [-0.15, -0.1) is 0 Å². The lowest BCUT2D eigenvalue weighted by Crippen LogP contribution is -2.30. The van der Waals surface area contributed by atoms with Crippen LogP contribution in [0.2, 0.25) is 0 Å². The molecule has 0 aliphatic carbocycles. The van der Waals surface area contributed by atoms with Crippen LogP contribution in [0.3, 0.4) is 0 Å². The molecule has 0 saturated carbocycles. The van der Waals surface area contributed by atoms with Crippen molar-refractivity contribution in [2.45, 2.75) is 41.0 Å². The Bertz CT molecular complexity index is 99.2. The lowest BCUT2D eigenvalue weighted by molar-refractivity contribution is 0.220. The van der Waals surface area contributed by atoms with Gasteiger partial charge in [-0.2, -0.15) is 0 Å². The Balaban J connectivity index is 3.68. The maximum atomic E-state index is 2.55. The zero-order valence-electron chi connectivity index (χ0n) is 9.43. The molecule has 74 valence electrons. The Hall–Kier alpha value is -0.0400. The van der Waals surface area contributed by atoms with Gasteiger partial charge in [0, 0.05) is 6.54 Å². The first-order valence-corrected chi connectivity index (χ1v) is 5.34. The summed E-state index contributed by atoms with van der Waals surface area (Å²) in [6.07, 6.45) is 1.28. The van der Waals surface area contributed by atoms with Crippen molar-refractivity contribution in [3.63, 3.8) is 0 Å². The van der Waals surface area contributed by atoms with Gasteiger partial charge in [-0.1, -0.05) is 34.6 Å². The highest BCUT2D eigenvalue weighted by atomic mass is 15.1. The van der Waals surface area contributed by atoms with E-state index < -0.39 is 0 Å². The van der Waals surface area contributed by atoms with Gasteiger partial charge >= 0.3 is 0 Å². The molecule has 0 rings (SSSR count). The summed E-state index contributed by atoms with van der Waals surface area (Å²) in [6, 6.07) is 0.